The Kier molecular flexibility index (Phi) is 6.18. The van der Waals surface area contributed by atoms with Gasteiger partial charge in [-0.2, -0.15) is 0 Å². The molecule has 1 N–H and O–H groups in total. The van der Waals surface area contributed by atoms with Gasteiger partial charge in [-0.3, -0.25) is 3.97 Å². The number of hydrogen-bond acceptors (Lipinski definition) is 7. The lowest BCUT2D eigenvalue weighted by Crippen LogP contribution is -2.28. The quantitative estimate of drug-likeness (QED) is 0.525. The van der Waals surface area contributed by atoms with Crippen LogP contribution < -0.4 is 5.32 Å². The van der Waals surface area contributed by atoms with Gasteiger partial charge in [-0.1, -0.05) is 0 Å². The Morgan fingerprint density at radius 3 is 2.92 bits per heavy atom. The molecule has 0 aliphatic carbocycles. The van der Waals surface area contributed by atoms with Crippen LogP contribution in [0.5, 0.6) is 0 Å². The molecule has 9 heteroatoms. The zero-order chi connectivity index (χ0) is 17.8. The Bertz CT molecular complexity index is 762. The third-order valence-corrected chi connectivity index (χ3v) is 5.78. The van der Waals surface area contributed by atoms with Gasteiger partial charge in [-0.05, 0) is 31.4 Å². The first-order chi connectivity index (χ1) is 12.1. The van der Waals surface area contributed by atoms with Crippen LogP contribution in [0.15, 0.2) is 18.5 Å². The molecule has 1 aliphatic heterocycles. The van der Waals surface area contributed by atoms with E-state index in [1.807, 2.05) is 13.1 Å². The third-order valence-electron chi connectivity index (χ3n) is 4.05. The molecule has 1 saturated heterocycles. The van der Waals surface area contributed by atoms with Crippen LogP contribution in [-0.4, -0.2) is 46.3 Å². The lowest BCUT2D eigenvalue weighted by atomic mass is 10.1. The number of hydrogen-bond donors (Lipinski definition) is 1. The molecular formula is C16H19IN4O3S. The van der Waals surface area contributed by atoms with Crippen molar-refractivity contribution in [2.75, 3.05) is 25.6 Å². The van der Waals surface area contributed by atoms with Crippen LogP contribution in [0, 0.1) is 6.92 Å². The minimum absolute atomic E-state index is 0.324. The summed E-state index contributed by atoms with van der Waals surface area (Å²) in [6, 6.07) is 2.12. The van der Waals surface area contributed by atoms with E-state index in [0.717, 1.165) is 42.9 Å². The number of ether oxygens (including phenoxy) is 2. The average Bonchev–Trinajstić information content (AvgIpc) is 3.07. The van der Waals surface area contributed by atoms with Crippen LogP contribution >= 0.6 is 30.3 Å². The molecule has 0 spiro atoms. The predicted octanol–water partition coefficient (Wildman–Crippen LogP) is 3.48. The van der Waals surface area contributed by atoms with Crippen molar-refractivity contribution in [2.45, 2.75) is 25.8 Å². The van der Waals surface area contributed by atoms with Crippen molar-refractivity contribution < 1.29 is 14.3 Å². The number of methoxy groups -OCH3 is 1. The SMILES string of the molecule is COC(=O)c1cc(-c2nc(NC3CCOCC3)ncc2C)cn1SI. The normalized spacial score (nSPS) is 15.2. The molecule has 134 valence electrons. The number of nitrogens with zero attached hydrogens (tertiary/aromatic N) is 3. The van der Waals surface area contributed by atoms with E-state index < -0.39 is 0 Å². The number of anilines is 1. The molecule has 1 aliphatic rings. The number of aromatic nitrogens is 3. The molecule has 2 aromatic rings. The van der Waals surface area contributed by atoms with Crippen LogP contribution in [0.25, 0.3) is 11.3 Å². The first kappa shape index (κ1) is 18.5. The van der Waals surface area contributed by atoms with Crippen LogP contribution in [0.3, 0.4) is 0 Å². The molecule has 0 aromatic carbocycles. The minimum atomic E-state index is -0.373. The molecule has 0 amide bonds. The highest BCUT2D eigenvalue weighted by Crippen LogP contribution is 2.29. The Morgan fingerprint density at radius 1 is 1.48 bits per heavy atom. The Labute approximate surface area is 162 Å². The Hall–Kier alpha value is -1.33. The fraction of sp³-hybridized carbons (Fsp3) is 0.438. The largest absolute Gasteiger partial charge is 0.464 e. The summed E-state index contributed by atoms with van der Waals surface area (Å²) in [5.74, 6) is 0.227. The van der Waals surface area contributed by atoms with Gasteiger partial charge in [-0.25, -0.2) is 14.8 Å². The van der Waals surface area contributed by atoms with E-state index >= 15 is 0 Å². The van der Waals surface area contributed by atoms with Crippen molar-refractivity contribution in [3.8, 4) is 11.3 Å². The second-order valence-corrected chi connectivity index (χ2v) is 7.47. The number of carbonyl (C=O) groups excluding carboxylic acids is 1. The molecule has 7 nitrogen and oxygen atoms in total. The van der Waals surface area contributed by atoms with Gasteiger partial charge in [0.05, 0.1) is 12.8 Å². The number of halogens is 1. The summed E-state index contributed by atoms with van der Waals surface area (Å²) in [4.78, 5) is 21.0. The molecular weight excluding hydrogens is 455 g/mol. The van der Waals surface area contributed by atoms with Gasteiger partial charge >= 0.3 is 5.97 Å². The molecule has 25 heavy (non-hydrogen) atoms. The molecule has 0 bridgehead atoms. The van der Waals surface area contributed by atoms with Crippen molar-refractivity contribution in [2.24, 2.45) is 0 Å². The highest BCUT2D eigenvalue weighted by Gasteiger charge is 2.19. The molecule has 0 unspecified atom stereocenters. The second-order valence-electron chi connectivity index (χ2n) is 5.76. The van der Waals surface area contributed by atoms with Gasteiger partial charge < -0.3 is 14.8 Å². The van der Waals surface area contributed by atoms with Gasteiger partial charge in [-0.15, -0.1) is 0 Å². The van der Waals surface area contributed by atoms with Crippen molar-refractivity contribution in [3.05, 3.63) is 29.7 Å². The predicted molar refractivity (Wildman–Crippen MR) is 106 cm³/mol. The van der Waals surface area contributed by atoms with E-state index in [1.165, 1.54) is 16.2 Å². The zero-order valence-corrected chi connectivity index (χ0v) is 17.0. The summed E-state index contributed by atoms with van der Waals surface area (Å²) in [6.45, 7) is 3.48. The van der Waals surface area contributed by atoms with Gasteiger partial charge in [0.15, 0.2) is 0 Å². The molecule has 1 fully saturated rings. The third kappa shape index (κ3) is 4.26. The lowest BCUT2D eigenvalue weighted by molar-refractivity contribution is 0.0593. The van der Waals surface area contributed by atoms with E-state index in [-0.39, 0.29) is 5.97 Å². The number of rotatable bonds is 5. The number of nitrogens with one attached hydrogen (secondary N) is 1. The summed E-state index contributed by atoms with van der Waals surface area (Å²) >= 11 is 2.13. The highest BCUT2D eigenvalue weighted by molar-refractivity contribution is 14.2. The monoisotopic (exact) mass is 474 g/mol. The number of esters is 1. The summed E-state index contributed by atoms with van der Waals surface area (Å²) in [5, 5.41) is 3.38. The molecule has 2 aromatic heterocycles. The van der Waals surface area contributed by atoms with Crippen LogP contribution in [0.2, 0.25) is 0 Å². The van der Waals surface area contributed by atoms with E-state index in [9.17, 15) is 4.79 Å². The summed E-state index contributed by atoms with van der Waals surface area (Å²) in [6.07, 6.45) is 5.58. The van der Waals surface area contributed by atoms with E-state index in [4.69, 9.17) is 9.47 Å². The highest BCUT2D eigenvalue weighted by atomic mass is 127. The van der Waals surface area contributed by atoms with Crippen LogP contribution in [0.4, 0.5) is 5.95 Å². The van der Waals surface area contributed by atoms with E-state index in [1.54, 1.807) is 16.2 Å². The van der Waals surface area contributed by atoms with Crippen LogP contribution in [-0.2, 0) is 9.47 Å². The maximum atomic E-state index is 11.9. The minimum Gasteiger partial charge on any atom is -0.464 e. The summed E-state index contributed by atoms with van der Waals surface area (Å²) in [5.41, 5.74) is 3.09. The van der Waals surface area contributed by atoms with Crippen molar-refractivity contribution in [1.29, 1.82) is 0 Å². The fourth-order valence-corrected chi connectivity index (χ4v) is 4.05. The van der Waals surface area contributed by atoms with E-state index in [0.29, 0.717) is 17.7 Å². The Balaban J connectivity index is 1.89. The van der Waals surface area contributed by atoms with Crippen molar-refractivity contribution in [3.63, 3.8) is 0 Å². The second kappa shape index (κ2) is 8.37. The Morgan fingerprint density at radius 2 is 2.24 bits per heavy atom. The van der Waals surface area contributed by atoms with Crippen molar-refractivity contribution >= 4 is 42.2 Å². The first-order valence-corrected chi connectivity index (χ1v) is 11.2. The standard InChI is InChI=1S/C16H19IN4O3S/c1-10-8-18-16(19-12-3-5-24-6-4-12)20-14(10)11-7-13(15(22)23-2)21(9-11)25-17/h7-9,12H,3-6H2,1-2H3,(H,18,19,20). The number of aryl methyl sites for hydroxylation is 1. The van der Waals surface area contributed by atoms with Crippen molar-refractivity contribution in [1.82, 2.24) is 13.9 Å². The van der Waals surface area contributed by atoms with Gasteiger partial charge in [0.25, 0.3) is 0 Å². The maximum absolute atomic E-state index is 11.9. The fourth-order valence-electron chi connectivity index (χ4n) is 2.71. The van der Waals surface area contributed by atoms with Gasteiger partial charge in [0, 0.05) is 67.5 Å². The zero-order valence-electron chi connectivity index (χ0n) is 14.0. The molecule has 3 rings (SSSR count). The first-order valence-electron chi connectivity index (χ1n) is 7.90. The molecule has 0 atom stereocenters. The molecule has 3 heterocycles. The smallest absolute Gasteiger partial charge is 0.355 e. The molecule has 0 saturated carbocycles. The molecule has 0 radical (unpaired) electrons. The summed E-state index contributed by atoms with van der Waals surface area (Å²) < 4.78 is 12.0. The number of carbonyl (C=O) groups is 1. The van der Waals surface area contributed by atoms with Gasteiger partial charge in [0.1, 0.15) is 5.69 Å². The lowest BCUT2D eigenvalue weighted by Gasteiger charge is -2.23. The topological polar surface area (TPSA) is 78.3 Å². The average molecular weight is 474 g/mol. The van der Waals surface area contributed by atoms with Gasteiger partial charge in [0.2, 0.25) is 5.95 Å². The summed E-state index contributed by atoms with van der Waals surface area (Å²) in [7, 11) is 2.78. The van der Waals surface area contributed by atoms with E-state index in [2.05, 4.69) is 36.5 Å². The maximum Gasteiger partial charge on any atom is 0.355 e. The van der Waals surface area contributed by atoms with Crippen LogP contribution in [0.1, 0.15) is 28.9 Å².